The quantitative estimate of drug-likeness (QED) is 0.677. The lowest BCUT2D eigenvalue weighted by atomic mass is 9.97. The highest BCUT2D eigenvalue weighted by atomic mass is 16.2. The van der Waals surface area contributed by atoms with Crippen LogP contribution in [0.15, 0.2) is 0 Å². The molecule has 0 radical (unpaired) electrons. The first-order valence-corrected chi connectivity index (χ1v) is 5.90. The van der Waals surface area contributed by atoms with Crippen molar-refractivity contribution in [3.63, 3.8) is 0 Å². The summed E-state index contributed by atoms with van der Waals surface area (Å²) in [4.78, 5) is 36.2. The van der Waals surface area contributed by atoms with Crippen LogP contribution in [0.2, 0.25) is 0 Å². The van der Waals surface area contributed by atoms with Crippen LogP contribution in [0.4, 0.5) is 4.79 Å². The maximum absolute atomic E-state index is 11.7. The second-order valence-corrected chi connectivity index (χ2v) is 4.81. The third kappa shape index (κ3) is 2.11. The minimum Gasteiger partial charge on any atom is -0.352 e. The monoisotopic (exact) mass is 239 g/mol. The predicted octanol–water partition coefficient (Wildman–Crippen LogP) is -0.0145. The normalized spacial score (nSPS) is 28.2. The zero-order chi connectivity index (χ0) is 12.6. The van der Waals surface area contributed by atoms with Gasteiger partial charge in [0.2, 0.25) is 5.91 Å². The first-order valence-electron chi connectivity index (χ1n) is 5.90. The molecule has 4 amide bonds. The van der Waals surface area contributed by atoms with Gasteiger partial charge in [-0.15, -0.1) is 0 Å². The summed E-state index contributed by atoms with van der Waals surface area (Å²) in [6.45, 7) is 3.44. The fourth-order valence-electron chi connectivity index (χ4n) is 1.89. The van der Waals surface area contributed by atoms with E-state index < -0.39 is 11.6 Å². The van der Waals surface area contributed by atoms with Gasteiger partial charge in [0.1, 0.15) is 12.1 Å². The number of hydrogen-bond donors (Lipinski definition) is 2. The van der Waals surface area contributed by atoms with Gasteiger partial charge in [0.15, 0.2) is 0 Å². The first-order chi connectivity index (χ1) is 7.97. The molecule has 1 heterocycles. The summed E-state index contributed by atoms with van der Waals surface area (Å²) in [5, 5.41) is 5.06. The summed E-state index contributed by atoms with van der Waals surface area (Å²) >= 11 is 0. The fraction of sp³-hybridized carbons (Fsp3) is 0.727. The molecule has 0 aromatic heterocycles. The van der Waals surface area contributed by atoms with E-state index in [1.807, 2.05) is 6.92 Å². The van der Waals surface area contributed by atoms with Crippen molar-refractivity contribution >= 4 is 17.8 Å². The molecule has 1 unspecified atom stereocenters. The lowest BCUT2D eigenvalue weighted by Crippen LogP contribution is -2.50. The Morgan fingerprint density at radius 1 is 1.53 bits per heavy atom. The Labute approximate surface area is 99.7 Å². The highest BCUT2D eigenvalue weighted by molar-refractivity contribution is 6.07. The zero-order valence-corrected chi connectivity index (χ0v) is 10.1. The van der Waals surface area contributed by atoms with Crippen LogP contribution in [0.1, 0.15) is 33.1 Å². The average Bonchev–Trinajstić information content (AvgIpc) is 3.04. The Hall–Kier alpha value is -1.59. The van der Waals surface area contributed by atoms with E-state index in [1.54, 1.807) is 6.92 Å². The maximum atomic E-state index is 11.7. The van der Waals surface area contributed by atoms with Crippen molar-refractivity contribution in [1.29, 1.82) is 0 Å². The molecule has 6 nitrogen and oxygen atoms in total. The maximum Gasteiger partial charge on any atom is 0.325 e. The van der Waals surface area contributed by atoms with Gasteiger partial charge in [-0.25, -0.2) is 4.79 Å². The van der Waals surface area contributed by atoms with Crippen molar-refractivity contribution in [1.82, 2.24) is 15.5 Å². The van der Waals surface area contributed by atoms with Crippen molar-refractivity contribution in [3.05, 3.63) is 0 Å². The van der Waals surface area contributed by atoms with Crippen LogP contribution in [0.3, 0.4) is 0 Å². The molecule has 2 fully saturated rings. The molecule has 1 atom stereocenters. The smallest absolute Gasteiger partial charge is 0.325 e. The van der Waals surface area contributed by atoms with Gasteiger partial charge in [-0.05, 0) is 26.2 Å². The fourth-order valence-corrected chi connectivity index (χ4v) is 1.89. The van der Waals surface area contributed by atoms with E-state index >= 15 is 0 Å². The van der Waals surface area contributed by atoms with E-state index in [4.69, 9.17) is 0 Å². The third-order valence-corrected chi connectivity index (χ3v) is 3.48. The summed E-state index contributed by atoms with van der Waals surface area (Å²) in [5.74, 6) is -0.527. The van der Waals surface area contributed by atoms with E-state index in [9.17, 15) is 14.4 Å². The highest BCUT2D eigenvalue weighted by Crippen LogP contribution is 2.25. The van der Waals surface area contributed by atoms with Gasteiger partial charge in [0.25, 0.3) is 5.91 Å². The standard InChI is InChI=1S/C11H17N3O3/c1-3-11(2)9(16)13-10(17)14(11)6-8(15)12-7-4-5-7/h7H,3-6H2,1-2H3,(H,12,15)(H,13,16,17). The number of amides is 4. The Balaban J connectivity index is 2.04. The van der Waals surface area contributed by atoms with Crippen LogP contribution in [0.5, 0.6) is 0 Å². The molecule has 0 bridgehead atoms. The van der Waals surface area contributed by atoms with Crippen molar-refractivity contribution in [2.75, 3.05) is 6.54 Å². The van der Waals surface area contributed by atoms with E-state index in [0.717, 1.165) is 12.8 Å². The third-order valence-electron chi connectivity index (χ3n) is 3.48. The van der Waals surface area contributed by atoms with Crippen molar-refractivity contribution in [3.8, 4) is 0 Å². The summed E-state index contributed by atoms with van der Waals surface area (Å²) in [6.07, 6.45) is 2.49. The Morgan fingerprint density at radius 2 is 2.18 bits per heavy atom. The van der Waals surface area contributed by atoms with Crippen LogP contribution in [0.25, 0.3) is 0 Å². The molecule has 6 heteroatoms. The molecule has 94 valence electrons. The van der Waals surface area contributed by atoms with Crippen molar-refractivity contribution in [2.24, 2.45) is 0 Å². The number of nitrogens with zero attached hydrogens (tertiary/aromatic N) is 1. The molecule has 1 saturated heterocycles. The van der Waals surface area contributed by atoms with Crippen LogP contribution in [-0.2, 0) is 9.59 Å². The minimum absolute atomic E-state index is 0.0571. The molecule has 1 saturated carbocycles. The highest BCUT2D eigenvalue weighted by Gasteiger charge is 2.48. The molecule has 17 heavy (non-hydrogen) atoms. The van der Waals surface area contributed by atoms with Crippen LogP contribution >= 0.6 is 0 Å². The Kier molecular flexibility index (Phi) is 2.81. The van der Waals surface area contributed by atoms with Gasteiger partial charge < -0.3 is 10.2 Å². The molecule has 2 rings (SSSR count). The minimum atomic E-state index is -0.905. The predicted molar refractivity (Wildman–Crippen MR) is 60.1 cm³/mol. The molecule has 1 aliphatic carbocycles. The van der Waals surface area contributed by atoms with Crippen molar-refractivity contribution < 1.29 is 14.4 Å². The van der Waals surface area contributed by atoms with E-state index in [1.165, 1.54) is 4.90 Å². The summed E-state index contributed by atoms with van der Waals surface area (Å²) in [7, 11) is 0. The molecule has 2 aliphatic rings. The van der Waals surface area contributed by atoms with Crippen LogP contribution in [-0.4, -0.2) is 40.9 Å². The number of imide groups is 1. The number of carbonyl (C=O) groups excluding carboxylic acids is 3. The number of urea groups is 1. The average molecular weight is 239 g/mol. The van der Waals surface area contributed by atoms with Gasteiger partial charge in [-0.1, -0.05) is 6.92 Å². The lowest BCUT2D eigenvalue weighted by molar-refractivity contribution is -0.128. The molecule has 1 aliphatic heterocycles. The number of hydrogen-bond acceptors (Lipinski definition) is 3. The summed E-state index contributed by atoms with van der Waals surface area (Å²) in [6, 6.07) is -0.220. The van der Waals surface area contributed by atoms with Gasteiger partial charge in [0, 0.05) is 6.04 Å². The van der Waals surface area contributed by atoms with Gasteiger partial charge in [-0.3, -0.25) is 14.9 Å². The molecule has 0 aromatic rings. The molecular formula is C11H17N3O3. The topological polar surface area (TPSA) is 78.5 Å². The van der Waals surface area contributed by atoms with Gasteiger partial charge >= 0.3 is 6.03 Å². The van der Waals surface area contributed by atoms with Gasteiger partial charge in [0.05, 0.1) is 0 Å². The van der Waals surface area contributed by atoms with Crippen molar-refractivity contribution in [2.45, 2.75) is 44.7 Å². The first kappa shape index (κ1) is 11.9. The zero-order valence-electron chi connectivity index (χ0n) is 10.1. The summed E-state index contributed by atoms with van der Waals surface area (Å²) in [5.41, 5.74) is -0.905. The van der Waals surface area contributed by atoms with E-state index in [-0.39, 0.29) is 24.4 Å². The second-order valence-electron chi connectivity index (χ2n) is 4.81. The lowest BCUT2D eigenvalue weighted by Gasteiger charge is -2.30. The molecular weight excluding hydrogens is 222 g/mol. The van der Waals surface area contributed by atoms with E-state index in [0.29, 0.717) is 6.42 Å². The second kappa shape index (κ2) is 4.01. The SMILES string of the molecule is CCC1(C)C(=O)NC(=O)N1CC(=O)NC1CC1. The number of rotatable bonds is 4. The summed E-state index contributed by atoms with van der Waals surface area (Å²) < 4.78 is 0. The number of carbonyl (C=O) groups is 3. The largest absolute Gasteiger partial charge is 0.352 e. The molecule has 0 aromatic carbocycles. The van der Waals surface area contributed by atoms with Crippen LogP contribution < -0.4 is 10.6 Å². The van der Waals surface area contributed by atoms with Crippen LogP contribution in [0, 0.1) is 0 Å². The Bertz CT molecular complexity index is 378. The Morgan fingerprint density at radius 3 is 2.71 bits per heavy atom. The van der Waals surface area contributed by atoms with E-state index in [2.05, 4.69) is 10.6 Å². The molecule has 0 spiro atoms. The molecule has 2 N–H and O–H groups in total. The number of nitrogens with one attached hydrogen (secondary N) is 2. The van der Waals surface area contributed by atoms with Gasteiger partial charge in [-0.2, -0.15) is 0 Å².